The number of benzene rings is 2. The van der Waals surface area contributed by atoms with E-state index >= 15 is 0 Å². The standard InChI is InChI=1S/C24H27N5O2/c1-18(21-10-6-3-7-11-21)27-23-22(29(30)31)24(26-17-25-23)28-14-12-20(13-15-28)16-19-8-4-2-5-9-19/h2-11,17-18,20H,12-16H2,1H3,(H,25,26,27). The molecular formula is C24H27N5O2. The molecule has 1 aromatic heterocycles. The van der Waals surface area contributed by atoms with Crippen molar-refractivity contribution in [3.8, 4) is 0 Å². The summed E-state index contributed by atoms with van der Waals surface area (Å²) < 4.78 is 0. The maximum atomic E-state index is 12.0. The molecule has 4 rings (SSSR count). The Morgan fingerprint density at radius 1 is 1.06 bits per heavy atom. The maximum absolute atomic E-state index is 12.0. The molecule has 7 heteroatoms. The second kappa shape index (κ2) is 9.55. The highest BCUT2D eigenvalue weighted by molar-refractivity contribution is 5.70. The number of anilines is 2. The average molecular weight is 418 g/mol. The van der Waals surface area contributed by atoms with Crippen LogP contribution in [-0.2, 0) is 6.42 Å². The lowest BCUT2D eigenvalue weighted by molar-refractivity contribution is -0.383. The summed E-state index contributed by atoms with van der Waals surface area (Å²) in [6.45, 7) is 3.47. The van der Waals surface area contributed by atoms with Gasteiger partial charge in [0.25, 0.3) is 0 Å². The fourth-order valence-corrected chi connectivity index (χ4v) is 4.20. The number of hydrogen-bond acceptors (Lipinski definition) is 6. The smallest absolute Gasteiger partial charge is 0.353 e. The molecule has 2 heterocycles. The van der Waals surface area contributed by atoms with Gasteiger partial charge in [0.15, 0.2) is 0 Å². The van der Waals surface area contributed by atoms with Crippen molar-refractivity contribution < 1.29 is 4.92 Å². The minimum atomic E-state index is -0.370. The molecule has 0 aliphatic carbocycles. The van der Waals surface area contributed by atoms with E-state index in [9.17, 15) is 10.1 Å². The van der Waals surface area contributed by atoms with Gasteiger partial charge < -0.3 is 10.2 Å². The normalized spacial score (nSPS) is 15.5. The van der Waals surface area contributed by atoms with Crippen LogP contribution in [0.25, 0.3) is 0 Å². The minimum absolute atomic E-state index is 0.0493. The van der Waals surface area contributed by atoms with Crippen LogP contribution in [0.4, 0.5) is 17.3 Å². The Morgan fingerprint density at radius 3 is 2.35 bits per heavy atom. The lowest BCUT2D eigenvalue weighted by atomic mass is 9.90. The lowest BCUT2D eigenvalue weighted by Crippen LogP contribution is -2.35. The van der Waals surface area contributed by atoms with Gasteiger partial charge in [-0.15, -0.1) is 0 Å². The van der Waals surface area contributed by atoms with Crippen molar-refractivity contribution >= 4 is 17.3 Å². The van der Waals surface area contributed by atoms with Gasteiger partial charge in [0.1, 0.15) is 6.33 Å². The van der Waals surface area contributed by atoms with E-state index in [-0.39, 0.29) is 22.5 Å². The molecular weight excluding hydrogens is 390 g/mol. The topological polar surface area (TPSA) is 84.2 Å². The van der Waals surface area contributed by atoms with Crippen molar-refractivity contribution in [1.29, 1.82) is 0 Å². The van der Waals surface area contributed by atoms with E-state index in [0.717, 1.165) is 37.9 Å². The third-order valence-corrected chi connectivity index (χ3v) is 5.92. The third-order valence-electron chi connectivity index (χ3n) is 5.92. The van der Waals surface area contributed by atoms with Gasteiger partial charge in [-0.3, -0.25) is 10.1 Å². The predicted molar refractivity (Wildman–Crippen MR) is 122 cm³/mol. The Morgan fingerprint density at radius 2 is 1.71 bits per heavy atom. The summed E-state index contributed by atoms with van der Waals surface area (Å²) in [4.78, 5) is 22.1. The van der Waals surface area contributed by atoms with Gasteiger partial charge in [-0.2, -0.15) is 0 Å². The van der Waals surface area contributed by atoms with Gasteiger partial charge in [0.05, 0.1) is 11.0 Å². The lowest BCUT2D eigenvalue weighted by Gasteiger charge is -2.32. The van der Waals surface area contributed by atoms with Crippen molar-refractivity contribution in [3.63, 3.8) is 0 Å². The first-order valence-corrected chi connectivity index (χ1v) is 10.7. The predicted octanol–water partition coefficient (Wildman–Crippen LogP) is 5.02. The van der Waals surface area contributed by atoms with Crippen LogP contribution in [0.2, 0.25) is 0 Å². The third kappa shape index (κ3) is 4.99. The van der Waals surface area contributed by atoms with Crippen LogP contribution < -0.4 is 10.2 Å². The van der Waals surface area contributed by atoms with Gasteiger partial charge in [-0.25, -0.2) is 9.97 Å². The zero-order chi connectivity index (χ0) is 21.6. The fourth-order valence-electron chi connectivity index (χ4n) is 4.20. The number of nitrogens with zero attached hydrogens (tertiary/aromatic N) is 4. The van der Waals surface area contributed by atoms with Crippen LogP contribution in [0.15, 0.2) is 67.0 Å². The minimum Gasteiger partial charge on any atom is -0.358 e. The van der Waals surface area contributed by atoms with Gasteiger partial charge in [-0.1, -0.05) is 60.7 Å². The van der Waals surface area contributed by atoms with E-state index in [4.69, 9.17) is 0 Å². The molecule has 1 atom stereocenters. The quantitative estimate of drug-likeness (QED) is 0.429. The first kappa shape index (κ1) is 20.8. The number of nitrogens with one attached hydrogen (secondary N) is 1. The SMILES string of the molecule is CC(Nc1ncnc(N2CCC(Cc3ccccc3)CC2)c1[N+](=O)[O-])c1ccccc1. The van der Waals surface area contributed by atoms with Crippen molar-refractivity contribution in [2.45, 2.75) is 32.2 Å². The zero-order valence-corrected chi connectivity index (χ0v) is 17.6. The van der Waals surface area contributed by atoms with E-state index in [1.54, 1.807) is 0 Å². The van der Waals surface area contributed by atoms with Crippen molar-refractivity contribution in [2.24, 2.45) is 5.92 Å². The number of rotatable bonds is 7. The van der Waals surface area contributed by atoms with E-state index < -0.39 is 0 Å². The van der Waals surface area contributed by atoms with Gasteiger partial charge in [0.2, 0.25) is 11.6 Å². The summed E-state index contributed by atoms with van der Waals surface area (Å²) in [5, 5.41) is 15.2. The Balaban J connectivity index is 1.48. The summed E-state index contributed by atoms with van der Waals surface area (Å²) in [5.74, 6) is 1.24. The first-order valence-electron chi connectivity index (χ1n) is 10.7. The molecule has 2 aromatic carbocycles. The molecule has 0 amide bonds. The van der Waals surface area contributed by atoms with Gasteiger partial charge in [-0.05, 0) is 43.2 Å². The molecule has 1 aliphatic heterocycles. The summed E-state index contributed by atoms with van der Waals surface area (Å²) in [5.41, 5.74) is 2.33. The summed E-state index contributed by atoms with van der Waals surface area (Å²) in [7, 11) is 0. The van der Waals surface area contributed by atoms with Crippen LogP contribution >= 0.6 is 0 Å². The van der Waals surface area contributed by atoms with E-state index in [2.05, 4.69) is 39.6 Å². The van der Waals surface area contributed by atoms with Crippen LogP contribution in [0.5, 0.6) is 0 Å². The molecule has 1 aliphatic rings. The van der Waals surface area contributed by atoms with E-state index in [0.29, 0.717) is 11.7 Å². The van der Waals surface area contributed by atoms with Gasteiger partial charge >= 0.3 is 5.69 Å². The fraction of sp³-hybridized carbons (Fsp3) is 0.333. The Hall–Kier alpha value is -3.48. The molecule has 0 bridgehead atoms. The van der Waals surface area contributed by atoms with Crippen LogP contribution in [-0.4, -0.2) is 28.0 Å². The Kier molecular flexibility index (Phi) is 6.40. The second-order valence-electron chi connectivity index (χ2n) is 8.05. The van der Waals surface area contributed by atoms with Crippen LogP contribution in [0.1, 0.15) is 36.9 Å². The highest BCUT2D eigenvalue weighted by atomic mass is 16.6. The highest BCUT2D eigenvalue weighted by Crippen LogP contribution is 2.36. The van der Waals surface area contributed by atoms with Crippen molar-refractivity contribution in [3.05, 3.63) is 88.2 Å². The molecule has 0 radical (unpaired) electrons. The molecule has 1 fully saturated rings. The first-order chi connectivity index (χ1) is 15.1. The summed E-state index contributed by atoms with van der Waals surface area (Å²) >= 11 is 0. The molecule has 1 N–H and O–H groups in total. The maximum Gasteiger partial charge on any atom is 0.353 e. The highest BCUT2D eigenvalue weighted by Gasteiger charge is 2.30. The number of hydrogen-bond donors (Lipinski definition) is 1. The number of nitro groups is 1. The Labute approximate surface area is 182 Å². The number of piperidine rings is 1. The zero-order valence-electron chi connectivity index (χ0n) is 17.6. The second-order valence-corrected chi connectivity index (χ2v) is 8.05. The van der Waals surface area contributed by atoms with E-state index in [1.807, 2.05) is 48.2 Å². The monoisotopic (exact) mass is 417 g/mol. The van der Waals surface area contributed by atoms with Crippen LogP contribution in [0, 0.1) is 16.0 Å². The molecule has 1 unspecified atom stereocenters. The number of aromatic nitrogens is 2. The molecule has 31 heavy (non-hydrogen) atoms. The molecule has 160 valence electrons. The van der Waals surface area contributed by atoms with E-state index in [1.165, 1.54) is 11.9 Å². The summed E-state index contributed by atoms with van der Waals surface area (Å²) in [6, 6.07) is 20.2. The molecule has 1 saturated heterocycles. The Bertz CT molecular complexity index is 1000. The van der Waals surface area contributed by atoms with Crippen molar-refractivity contribution in [1.82, 2.24) is 9.97 Å². The van der Waals surface area contributed by atoms with Crippen molar-refractivity contribution in [2.75, 3.05) is 23.3 Å². The summed E-state index contributed by atoms with van der Waals surface area (Å²) in [6.07, 6.45) is 4.43. The van der Waals surface area contributed by atoms with Crippen LogP contribution in [0.3, 0.4) is 0 Å². The molecule has 3 aromatic rings. The average Bonchev–Trinajstić information content (AvgIpc) is 2.80. The molecule has 7 nitrogen and oxygen atoms in total. The molecule has 0 saturated carbocycles. The molecule has 0 spiro atoms. The largest absolute Gasteiger partial charge is 0.358 e. The van der Waals surface area contributed by atoms with Gasteiger partial charge in [0, 0.05) is 13.1 Å².